The number of carbonyl (C=O) groups excluding carboxylic acids is 3. The Balaban J connectivity index is 1.71. The Morgan fingerprint density at radius 2 is 1.40 bits per heavy atom. The first-order valence-electron chi connectivity index (χ1n) is 16.2. The zero-order chi connectivity index (χ0) is 33.0. The molecule has 0 amide bonds. The molecule has 4 aromatic rings. The van der Waals surface area contributed by atoms with E-state index in [1.165, 1.54) is 14.2 Å². The van der Waals surface area contributed by atoms with Crippen molar-refractivity contribution in [2.45, 2.75) is 51.6 Å². The molecule has 0 saturated heterocycles. The van der Waals surface area contributed by atoms with E-state index in [0.29, 0.717) is 30.5 Å². The van der Waals surface area contributed by atoms with E-state index in [9.17, 15) is 14.4 Å². The third kappa shape index (κ3) is 6.58. The standard InChI is InChI=1S/C40H40O7/c1-26(41)19-22-31(28-13-7-4-8-14-28)32-23-40(38(42)44-2,39(43)45-3)24-33-34(32)35(37(47-33)30-17-11-6-12-18-30)36(46-25-27-20-21-27)29-15-9-5-10-16-29/h4-18,27,36H,19-25H2,1-3H3/b32-31+/t36-/m1/s1. The first kappa shape index (κ1) is 32.2. The molecule has 0 unspecified atom stereocenters. The smallest absolute Gasteiger partial charge is 0.324 e. The number of hydrogen-bond donors (Lipinski definition) is 0. The highest BCUT2D eigenvalue weighted by atomic mass is 16.5. The normalized spacial score (nSPS) is 16.9. The second kappa shape index (κ2) is 13.9. The molecule has 7 nitrogen and oxygen atoms in total. The highest BCUT2D eigenvalue weighted by Gasteiger charge is 2.55. The Labute approximate surface area is 275 Å². The number of allylic oxidation sites excluding steroid dienone is 2. The minimum absolute atomic E-state index is 0.00633. The lowest BCUT2D eigenvalue weighted by Crippen LogP contribution is -2.45. The summed E-state index contributed by atoms with van der Waals surface area (Å²) in [5, 5.41) is 0. The highest BCUT2D eigenvalue weighted by Crippen LogP contribution is 2.54. The third-order valence-electron chi connectivity index (χ3n) is 9.22. The summed E-state index contributed by atoms with van der Waals surface area (Å²) in [4.78, 5) is 39.8. The minimum Gasteiger partial charge on any atom is -0.468 e. The molecule has 7 heteroatoms. The number of methoxy groups -OCH3 is 2. The summed E-state index contributed by atoms with van der Waals surface area (Å²) >= 11 is 0. The Hall–Kier alpha value is -4.75. The van der Waals surface area contributed by atoms with Crippen LogP contribution in [0.1, 0.15) is 73.1 Å². The SMILES string of the molecule is COC(=O)C1(C(=O)OC)C/C(=C(/CCC(C)=O)c2ccccc2)c2c(oc(-c3ccccc3)c2[C@H](OCC2CC2)c2ccccc2)C1. The number of esters is 2. The molecule has 1 saturated carbocycles. The van der Waals surface area contributed by atoms with Crippen molar-refractivity contribution in [2.75, 3.05) is 20.8 Å². The molecule has 1 fully saturated rings. The minimum atomic E-state index is -1.69. The fourth-order valence-electron chi connectivity index (χ4n) is 6.65. The van der Waals surface area contributed by atoms with E-state index in [2.05, 4.69) is 12.1 Å². The largest absolute Gasteiger partial charge is 0.468 e. The highest BCUT2D eigenvalue weighted by molar-refractivity contribution is 6.06. The predicted molar refractivity (Wildman–Crippen MR) is 179 cm³/mol. The van der Waals surface area contributed by atoms with E-state index in [1.54, 1.807) is 6.92 Å². The Kier molecular flexibility index (Phi) is 9.55. The molecule has 2 aliphatic carbocycles. The zero-order valence-electron chi connectivity index (χ0n) is 27.1. The molecule has 2 aliphatic rings. The maximum absolute atomic E-state index is 13.7. The number of fused-ring (bicyclic) bond motifs is 1. The number of Topliss-reactive ketones (excluding diaryl/α,β-unsaturated/α-hetero) is 1. The summed E-state index contributed by atoms with van der Waals surface area (Å²) in [6.45, 7) is 2.16. The molecule has 0 N–H and O–H groups in total. The van der Waals surface area contributed by atoms with Crippen LogP contribution in [0.5, 0.6) is 0 Å². The Morgan fingerprint density at radius 1 is 0.809 bits per heavy atom. The topological polar surface area (TPSA) is 92.0 Å². The molecule has 0 aliphatic heterocycles. The van der Waals surface area contributed by atoms with E-state index < -0.39 is 23.5 Å². The fourth-order valence-corrected chi connectivity index (χ4v) is 6.65. The molecule has 0 bridgehead atoms. The van der Waals surface area contributed by atoms with Gasteiger partial charge in [-0.1, -0.05) is 91.0 Å². The Morgan fingerprint density at radius 3 is 1.98 bits per heavy atom. The van der Waals surface area contributed by atoms with Crippen molar-refractivity contribution < 1.29 is 33.0 Å². The molecule has 3 aromatic carbocycles. The van der Waals surface area contributed by atoms with Gasteiger partial charge in [0.1, 0.15) is 23.4 Å². The van der Waals surface area contributed by atoms with E-state index in [0.717, 1.165) is 51.8 Å². The first-order chi connectivity index (χ1) is 22.9. The van der Waals surface area contributed by atoms with Crippen molar-refractivity contribution in [3.8, 4) is 11.3 Å². The van der Waals surface area contributed by atoms with Crippen molar-refractivity contribution in [3.63, 3.8) is 0 Å². The lowest BCUT2D eigenvalue weighted by Gasteiger charge is -2.34. The number of rotatable bonds is 12. The first-order valence-corrected chi connectivity index (χ1v) is 16.2. The summed E-state index contributed by atoms with van der Waals surface area (Å²) in [6, 6.07) is 29.7. The van der Waals surface area contributed by atoms with Crippen molar-refractivity contribution >= 4 is 28.9 Å². The molecule has 0 radical (unpaired) electrons. The van der Waals surface area contributed by atoms with Crippen molar-refractivity contribution in [1.82, 2.24) is 0 Å². The van der Waals surface area contributed by atoms with Crippen LogP contribution in [0.3, 0.4) is 0 Å². The average Bonchev–Trinajstić information content (AvgIpc) is 3.87. The molecule has 6 rings (SSSR count). The van der Waals surface area contributed by atoms with Gasteiger partial charge in [-0.15, -0.1) is 0 Å². The third-order valence-corrected chi connectivity index (χ3v) is 9.22. The molecule has 1 atom stereocenters. The van der Waals surface area contributed by atoms with Crippen LogP contribution >= 0.6 is 0 Å². The number of ketones is 1. The maximum Gasteiger partial charge on any atom is 0.324 e. The van der Waals surface area contributed by atoms with E-state index in [1.807, 2.05) is 78.9 Å². The number of carbonyl (C=O) groups is 3. The molecule has 1 aromatic heterocycles. The van der Waals surface area contributed by atoms with Crippen molar-refractivity contribution in [1.29, 1.82) is 0 Å². The van der Waals surface area contributed by atoms with E-state index in [-0.39, 0.29) is 25.0 Å². The van der Waals surface area contributed by atoms with Gasteiger partial charge >= 0.3 is 11.9 Å². The molecule has 242 valence electrons. The van der Waals surface area contributed by atoms with Crippen LogP contribution in [-0.4, -0.2) is 38.5 Å². The van der Waals surface area contributed by atoms with E-state index in [4.69, 9.17) is 18.6 Å². The number of benzene rings is 3. The van der Waals surface area contributed by atoms with Crippen LogP contribution in [0.15, 0.2) is 95.4 Å². The van der Waals surface area contributed by atoms with Crippen molar-refractivity contribution in [3.05, 3.63) is 119 Å². The Bertz CT molecular complexity index is 1750. The summed E-state index contributed by atoms with van der Waals surface area (Å²) in [7, 11) is 2.56. The van der Waals surface area contributed by atoms with Crippen LogP contribution in [0.25, 0.3) is 22.5 Å². The van der Waals surface area contributed by atoms with Crippen molar-refractivity contribution in [2.24, 2.45) is 11.3 Å². The summed E-state index contributed by atoms with van der Waals surface area (Å²) in [5.41, 5.74) is 4.26. The molecular formula is C40H40O7. The molecule has 1 heterocycles. The number of furan rings is 1. The van der Waals surface area contributed by atoms with Gasteiger partial charge in [0.2, 0.25) is 0 Å². The van der Waals surface area contributed by atoms with Gasteiger partial charge in [-0.05, 0) is 54.4 Å². The lowest BCUT2D eigenvalue weighted by atomic mass is 9.68. The van der Waals surface area contributed by atoms with Crippen LogP contribution in [-0.2, 0) is 35.0 Å². The second-order valence-corrected chi connectivity index (χ2v) is 12.5. The zero-order valence-corrected chi connectivity index (χ0v) is 27.1. The second-order valence-electron chi connectivity index (χ2n) is 12.5. The van der Waals surface area contributed by atoms with Gasteiger partial charge in [0.15, 0.2) is 5.41 Å². The van der Waals surface area contributed by atoms with Gasteiger partial charge in [-0.2, -0.15) is 0 Å². The lowest BCUT2D eigenvalue weighted by molar-refractivity contribution is -0.169. The fraction of sp³-hybridized carbons (Fsp3) is 0.325. The van der Waals surface area contributed by atoms with E-state index >= 15 is 0 Å². The van der Waals surface area contributed by atoms with Gasteiger partial charge in [-0.25, -0.2) is 0 Å². The van der Waals surface area contributed by atoms with Crippen LogP contribution in [0, 0.1) is 11.3 Å². The molecule has 0 spiro atoms. The summed E-state index contributed by atoms with van der Waals surface area (Å²) in [6.07, 6.45) is 2.40. The quantitative estimate of drug-likeness (QED) is 0.115. The maximum atomic E-state index is 13.7. The molecular weight excluding hydrogens is 592 g/mol. The van der Waals surface area contributed by atoms with Crippen LogP contribution in [0.4, 0.5) is 0 Å². The number of ether oxygens (including phenoxy) is 3. The van der Waals surface area contributed by atoms with Gasteiger partial charge in [-0.3, -0.25) is 9.59 Å². The average molecular weight is 633 g/mol. The summed E-state index contributed by atoms with van der Waals surface area (Å²) < 4.78 is 24.2. The summed E-state index contributed by atoms with van der Waals surface area (Å²) in [5.74, 6) is 0.228. The predicted octanol–water partition coefficient (Wildman–Crippen LogP) is 8.02. The molecule has 47 heavy (non-hydrogen) atoms. The van der Waals surface area contributed by atoms with Gasteiger partial charge < -0.3 is 23.4 Å². The number of hydrogen-bond acceptors (Lipinski definition) is 7. The van der Waals surface area contributed by atoms with Gasteiger partial charge in [0, 0.05) is 36.0 Å². The van der Waals surface area contributed by atoms with Gasteiger partial charge in [0.05, 0.1) is 20.8 Å². The monoisotopic (exact) mass is 632 g/mol. The van der Waals surface area contributed by atoms with Gasteiger partial charge in [0.25, 0.3) is 0 Å². The van der Waals surface area contributed by atoms with Crippen LogP contribution < -0.4 is 0 Å². The van der Waals surface area contributed by atoms with Crippen LogP contribution in [0.2, 0.25) is 0 Å².